The summed E-state index contributed by atoms with van der Waals surface area (Å²) >= 11 is 0. The second-order valence-corrected chi connectivity index (χ2v) is 5.60. The lowest BCUT2D eigenvalue weighted by molar-refractivity contribution is 0.0697. The van der Waals surface area contributed by atoms with Crippen LogP contribution in [0, 0.1) is 11.8 Å². The van der Waals surface area contributed by atoms with Gasteiger partial charge in [0.05, 0.1) is 5.56 Å². The standard InChI is InChI=1S/C20H18O2/c1-2-6-15-9-5-10-18(20(21)22)19(15)17-12-11-14-7-3-4-8-16(14)13-17/h5,9-13H,3-4,7-8H2,1H3,(H,21,22). The molecule has 0 radical (unpaired) electrons. The molecule has 0 amide bonds. The van der Waals surface area contributed by atoms with Gasteiger partial charge in [0.25, 0.3) is 0 Å². The fourth-order valence-corrected chi connectivity index (χ4v) is 3.17. The van der Waals surface area contributed by atoms with E-state index < -0.39 is 5.97 Å². The first-order valence-corrected chi connectivity index (χ1v) is 7.62. The van der Waals surface area contributed by atoms with Crippen molar-refractivity contribution >= 4 is 5.97 Å². The molecule has 0 atom stereocenters. The molecule has 0 aliphatic heterocycles. The Morgan fingerprint density at radius 3 is 2.59 bits per heavy atom. The van der Waals surface area contributed by atoms with Gasteiger partial charge in [-0.25, -0.2) is 4.79 Å². The maximum Gasteiger partial charge on any atom is 0.336 e. The summed E-state index contributed by atoms with van der Waals surface area (Å²) in [4.78, 5) is 11.6. The van der Waals surface area contributed by atoms with E-state index in [1.165, 1.54) is 24.0 Å². The van der Waals surface area contributed by atoms with Gasteiger partial charge in [0.1, 0.15) is 0 Å². The minimum atomic E-state index is -0.910. The fourth-order valence-electron chi connectivity index (χ4n) is 3.17. The van der Waals surface area contributed by atoms with Crippen LogP contribution < -0.4 is 0 Å². The lowest BCUT2D eigenvalue weighted by atomic mass is 9.87. The predicted octanol–water partition coefficient (Wildman–Crippen LogP) is 4.30. The summed E-state index contributed by atoms with van der Waals surface area (Å²) in [7, 11) is 0. The molecule has 0 unspecified atom stereocenters. The number of hydrogen-bond donors (Lipinski definition) is 1. The quantitative estimate of drug-likeness (QED) is 0.837. The number of carboxylic acids is 1. The highest BCUT2D eigenvalue weighted by Gasteiger charge is 2.17. The van der Waals surface area contributed by atoms with Gasteiger partial charge in [-0.05, 0) is 61.4 Å². The molecule has 0 fully saturated rings. The molecule has 0 saturated carbocycles. The molecule has 2 aromatic rings. The van der Waals surface area contributed by atoms with Gasteiger partial charge in [-0.1, -0.05) is 30.2 Å². The third kappa shape index (κ3) is 2.63. The first-order valence-electron chi connectivity index (χ1n) is 7.62. The molecule has 0 bridgehead atoms. The van der Waals surface area contributed by atoms with Gasteiger partial charge in [0.15, 0.2) is 0 Å². The van der Waals surface area contributed by atoms with Crippen molar-refractivity contribution in [2.75, 3.05) is 0 Å². The summed E-state index contributed by atoms with van der Waals surface area (Å²) in [6, 6.07) is 11.6. The van der Waals surface area contributed by atoms with Crippen molar-refractivity contribution in [1.29, 1.82) is 0 Å². The van der Waals surface area contributed by atoms with Crippen LogP contribution >= 0.6 is 0 Å². The number of carboxylic acid groups (broad SMARTS) is 1. The molecule has 0 saturated heterocycles. The zero-order chi connectivity index (χ0) is 15.5. The monoisotopic (exact) mass is 290 g/mol. The summed E-state index contributed by atoms with van der Waals surface area (Å²) < 4.78 is 0. The van der Waals surface area contributed by atoms with E-state index in [4.69, 9.17) is 0 Å². The highest BCUT2D eigenvalue weighted by Crippen LogP contribution is 2.31. The average Bonchev–Trinajstić information content (AvgIpc) is 2.54. The predicted molar refractivity (Wildman–Crippen MR) is 88.0 cm³/mol. The van der Waals surface area contributed by atoms with Gasteiger partial charge in [0.2, 0.25) is 0 Å². The zero-order valence-corrected chi connectivity index (χ0v) is 12.6. The Labute approximate surface area is 130 Å². The molecule has 2 aromatic carbocycles. The second kappa shape index (κ2) is 6.07. The summed E-state index contributed by atoms with van der Waals surface area (Å²) in [5.41, 5.74) is 5.52. The Morgan fingerprint density at radius 2 is 1.86 bits per heavy atom. The highest BCUT2D eigenvalue weighted by atomic mass is 16.4. The van der Waals surface area contributed by atoms with Crippen LogP contribution in [0.25, 0.3) is 11.1 Å². The zero-order valence-electron chi connectivity index (χ0n) is 12.6. The van der Waals surface area contributed by atoms with Gasteiger partial charge in [-0.3, -0.25) is 0 Å². The Morgan fingerprint density at radius 1 is 1.09 bits per heavy atom. The Bertz CT molecular complexity index is 791. The molecule has 0 heterocycles. The molecule has 1 aliphatic carbocycles. The van der Waals surface area contributed by atoms with E-state index in [1.807, 2.05) is 12.1 Å². The van der Waals surface area contributed by atoms with Crippen LogP contribution in [0.4, 0.5) is 0 Å². The number of fused-ring (bicyclic) bond motifs is 1. The molecule has 0 spiro atoms. The molecule has 3 rings (SSSR count). The van der Waals surface area contributed by atoms with E-state index in [0.29, 0.717) is 5.56 Å². The fraction of sp³-hybridized carbons (Fsp3) is 0.250. The van der Waals surface area contributed by atoms with Gasteiger partial charge in [0, 0.05) is 11.1 Å². The van der Waals surface area contributed by atoms with Crippen LogP contribution in [-0.4, -0.2) is 11.1 Å². The third-order valence-corrected chi connectivity index (χ3v) is 4.19. The molecule has 110 valence electrons. The molecule has 2 heteroatoms. The minimum absolute atomic E-state index is 0.316. The molecule has 1 aliphatic rings. The number of aryl methyl sites for hydroxylation is 2. The van der Waals surface area contributed by atoms with Crippen molar-refractivity contribution in [1.82, 2.24) is 0 Å². The maximum atomic E-state index is 11.6. The molecule has 2 nitrogen and oxygen atoms in total. The van der Waals surface area contributed by atoms with Crippen LogP contribution in [-0.2, 0) is 12.8 Å². The third-order valence-electron chi connectivity index (χ3n) is 4.19. The highest BCUT2D eigenvalue weighted by molar-refractivity contribution is 5.98. The van der Waals surface area contributed by atoms with E-state index >= 15 is 0 Å². The van der Waals surface area contributed by atoms with Crippen molar-refractivity contribution < 1.29 is 9.90 Å². The molecular weight excluding hydrogens is 272 g/mol. The average molecular weight is 290 g/mol. The lowest BCUT2D eigenvalue weighted by Crippen LogP contribution is -2.05. The lowest BCUT2D eigenvalue weighted by Gasteiger charge is -2.18. The molecule has 0 aromatic heterocycles. The number of hydrogen-bond acceptors (Lipinski definition) is 1. The molecule has 22 heavy (non-hydrogen) atoms. The summed E-state index contributed by atoms with van der Waals surface area (Å²) in [5, 5.41) is 9.51. The van der Waals surface area contributed by atoms with E-state index in [2.05, 4.69) is 24.0 Å². The second-order valence-electron chi connectivity index (χ2n) is 5.60. The SMILES string of the molecule is CC#Cc1cccc(C(=O)O)c1-c1ccc2c(c1)CCCC2. The number of benzene rings is 2. The van der Waals surface area contributed by atoms with Crippen molar-refractivity contribution in [2.45, 2.75) is 32.6 Å². The van der Waals surface area contributed by atoms with Crippen LogP contribution in [0.1, 0.15) is 46.8 Å². The van der Waals surface area contributed by atoms with E-state index in [9.17, 15) is 9.90 Å². The van der Waals surface area contributed by atoms with Gasteiger partial charge >= 0.3 is 5.97 Å². The van der Waals surface area contributed by atoms with Crippen molar-refractivity contribution in [2.24, 2.45) is 0 Å². The van der Waals surface area contributed by atoms with E-state index in [0.717, 1.165) is 29.5 Å². The Kier molecular flexibility index (Phi) is 3.98. The van der Waals surface area contributed by atoms with Crippen molar-refractivity contribution in [3.05, 3.63) is 58.7 Å². The first kappa shape index (κ1) is 14.4. The first-order chi connectivity index (χ1) is 10.7. The summed E-state index contributed by atoms with van der Waals surface area (Å²) in [6.45, 7) is 1.77. The number of carbonyl (C=O) groups is 1. The normalized spacial score (nSPS) is 13.0. The van der Waals surface area contributed by atoms with Crippen molar-refractivity contribution in [3.63, 3.8) is 0 Å². The van der Waals surface area contributed by atoms with Crippen LogP contribution in [0.3, 0.4) is 0 Å². The minimum Gasteiger partial charge on any atom is -0.478 e. The number of rotatable bonds is 2. The Balaban J connectivity index is 2.21. The van der Waals surface area contributed by atoms with Crippen molar-refractivity contribution in [3.8, 4) is 23.0 Å². The largest absolute Gasteiger partial charge is 0.478 e. The van der Waals surface area contributed by atoms with Crippen LogP contribution in [0.5, 0.6) is 0 Å². The maximum absolute atomic E-state index is 11.6. The van der Waals surface area contributed by atoms with Gasteiger partial charge in [-0.2, -0.15) is 0 Å². The number of aromatic carboxylic acids is 1. The molecular formula is C20H18O2. The molecule has 1 N–H and O–H groups in total. The Hall–Kier alpha value is -2.53. The van der Waals surface area contributed by atoms with E-state index in [-0.39, 0.29) is 0 Å². The van der Waals surface area contributed by atoms with Gasteiger partial charge in [-0.15, -0.1) is 5.92 Å². The van der Waals surface area contributed by atoms with Gasteiger partial charge < -0.3 is 5.11 Å². The summed E-state index contributed by atoms with van der Waals surface area (Å²) in [6.07, 6.45) is 4.65. The summed E-state index contributed by atoms with van der Waals surface area (Å²) in [5.74, 6) is 5.01. The van der Waals surface area contributed by atoms with E-state index in [1.54, 1.807) is 19.1 Å². The van der Waals surface area contributed by atoms with Crippen LogP contribution in [0.15, 0.2) is 36.4 Å². The van der Waals surface area contributed by atoms with Crippen LogP contribution in [0.2, 0.25) is 0 Å². The topological polar surface area (TPSA) is 37.3 Å². The smallest absolute Gasteiger partial charge is 0.336 e.